The highest BCUT2D eigenvalue weighted by atomic mass is 79.9. The smallest absolute Gasteiger partial charge is 0.281 e. The third-order valence-electron chi connectivity index (χ3n) is 4.45. The lowest BCUT2D eigenvalue weighted by atomic mass is 9.85. The van der Waals surface area contributed by atoms with Gasteiger partial charge in [0.15, 0.2) is 17.1 Å². The molecule has 7 heteroatoms. The van der Waals surface area contributed by atoms with E-state index < -0.39 is 11.5 Å². The number of amides is 1. The van der Waals surface area contributed by atoms with Crippen LogP contribution in [-0.2, 0) is 10.4 Å². The van der Waals surface area contributed by atoms with E-state index in [1.165, 1.54) is 6.21 Å². The fourth-order valence-corrected chi connectivity index (χ4v) is 3.44. The van der Waals surface area contributed by atoms with E-state index in [9.17, 15) is 15.0 Å². The number of carbonyl (C=O) groups is 1. The van der Waals surface area contributed by atoms with Gasteiger partial charge in [0.25, 0.3) is 5.91 Å². The second-order valence-corrected chi connectivity index (χ2v) is 7.33. The van der Waals surface area contributed by atoms with E-state index in [-0.39, 0.29) is 5.75 Å². The van der Waals surface area contributed by atoms with Gasteiger partial charge in [-0.25, -0.2) is 5.43 Å². The second-order valence-electron chi connectivity index (χ2n) is 6.42. The summed E-state index contributed by atoms with van der Waals surface area (Å²) in [4.78, 5) is 13.0. The summed E-state index contributed by atoms with van der Waals surface area (Å²) in [6.45, 7) is 2.20. The Balaban J connectivity index is 1.90. The Hall–Kier alpha value is -3.16. The van der Waals surface area contributed by atoms with Gasteiger partial charge in [-0.3, -0.25) is 4.79 Å². The van der Waals surface area contributed by atoms with Gasteiger partial charge >= 0.3 is 0 Å². The molecular formula is C23H21BrN2O4. The molecule has 0 heterocycles. The summed E-state index contributed by atoms with van der Waals surface area (Å²) in [5.74, 6) is -0.528. The van der Waals surface area contributed by atoms with Crippen molar-refractivity contribution in [3.8, 4) is 11.5 Å². The lowest BCUT2D eigenvalue weighted by molar-refractivity contribution is -0.136. The molecule has 0 bridgehead atoms. The number of hydrazone groups is 1. The average molecular weight is 469 g/mol. The molecule has 0 saturated heterocycles. The fourth-order valence-electron chi connectivity index (χ4n) is 2.99. The Kier molecular flexibility index (Phi) is 6.87. The molecule has 0 saturated carbocycles. The van der Waals surface area contributed by atoms with Crippen LogP contribution in [0.5, 0.6) is 11.5 Å². The molecule has 0 aliphatic rings. The van der Waals surface area contributed by atoms with Gasteiger partial charge in [0, 0.05) is 10.0 Å². The Morgan fingerprint density at radius 1 is 1.10 bits per heavy atom. The molecule has 0 unspecified atom stereocenters. The number of nitrogens with one attached hydrogen (secondary N) is 1. The molecule has 0 aromatic heterocycles. The number of carbonyl (C=O) groups excluding carboxylic acids is 1. The number of hydrogen-bond acceptors (Lipinski definition) is 5. The van der Waals surface area contributed by atoms with E-state index >= 15 is 0 Å². The summed E-state index contributed by atoms with van der Waals surface area (Å²) in [5, 5.41) is 25.6. The second kappa shape index (κ2) is 9.56. The van der Waals surface area contributed by atoms with Crippen molar-refractivity contribution in [2.75, 3.05) is 6.61 Å². The van der Waals surface area contributed by atoms with Crippen LogP contribution in [0.15, 0.2) is 82.4 Å². The number of ether oxygens (including phenoxy) is 1. The fraction of sp³-hybridized carbons (Fsp3) is 0.130. The Labute approximate surface area is 183 Å². The van der Waals surface area contributed by atoms with Crippen molar-refractivity contribution in [2.45, 2.75) is 12.5 Å². The van der Waals surface area contributed by atoms with Gasteiger partial charge in [-0.2, -0.15) is 5.10 Å². The molecule has 3 aromatic carbocycles. The highest BCUT2D eigenvalue weighted by Gasteiger charge is 2.39. The van der Waals surface area contributed by atoms with Gasteiger partial charge < -0.3 is 14.9 Å². The van der Waals surface area contributed by atoms with Crippen LogP contribution in [0.4, 0.5) is 0 Å². The van der Waals surface area contributed by atoms with Gasteiger partial charge in [0.05, 0.1) is 12.8 Å². The van der Waals surface area contributed by atoms with Crippen LogP contribution in [0.2, 0.25) is 0 Å². The van der Waals surface area contributed by atoms with Gasteiger partial charge in [-0.1, -0.05) is 76.6 Å². The highest BCUT2D eigenvalue weighted by Crippen LogP contribution is 2.33. The first-order chi connectivity index (χ1) is 14.5. The Bertz CT molecular complexity index is 1000. The zero-order valence-electron chi connectivity index (χ0n) is 16.2. The zero-order chi connectivity index (χ0) is 21.6. The maximum absolute atomic E-state index is 13.0. The molecule has 30 heavy (non-hydrogen) atoms. The minimum Gasteiger partial charge on any atom is -0.504 e. The summed E-state index contributed by atoms with van der Waals surface area (Å²) in [6, 6.07) is 20.5. The molecule has 3 aromatic rings. The number of phenolic OH excluding ortho intramolecular Hbond substituents is 1. The number of rotatable bonds is 7. The first kappa shape index (κ1) is 21.5. The molecule has 0 fully saturated rings. The Morgan fingerprint density at radius 2 is 1.67 bits per heavy atom. The summed E-state index contributed by atoms with van der Waals surface area (Å²) >= 11 is 3.35. The molecule has 3 rings (SSSR count). The summed E-state index contributed by atoms with van der Waals surface area (Å²) in [7, 11) is 0. The topological polar surface area (TPSA) is 91.2 Å². The van der Waals surface area contributed by atoms with Crippen LogP contribution < -0.4 is 10.2 Å². The number of nitrogens with zero attached hydrogens (tertiary/aromatic N) is 1. The molecular weight excluding hydrogens is 448 g/mol. The van der Waals surface area contributed by atoms with E-state index in [0.717, 1.165) is 0 Å². The van der Waals surface area contributed by atoms with Crippen LogP contribution >= 0.6 is 15.9 Å². The first-order valence-electron chi connectivity index (χ1n) is 9.29. The molecule has 0 atom stereocenters. The van der Waals surface area contributed by atoms with Gasteiger partial charge in [-0.05, 0) is 30.2 Å². The van der Waals surface area contributed by atoms with E-state index in [4.69, 9.17) is 4.74 Å². The van der Waals surface area contributed by atoms with E-state index in [2.05, 4.69) is 26.5 Å². The summed E-state index contributed by atoms with van der Waals surface area (Å²) in [5.41, 5.74) is 1.61. The lowest BCUT2D eigenvalue weighted by Gasteiger charge is -2.27. The lowest BCUT2D eigenvalue weighted by Crippen LogP contribution is -2.43. The number of halogens is 1. The normalized spacial score (nSPS) is 11.4. The number of aliphatic hydroxyl groups is 1. The average Bonchev–Trinajstić information content (AvgIpc) is 2.77. The largest absolute Gasteiger partial charge is 0.504 e. The van der Waals surface area contributed by atoms with Crippen LogP contribution in [0.1, 0.15) is 23.6 Å². The van der Waals surface area contributed by atoms with Gasteiger partial charge in [-0.15, -0.1) is 0 Å². The first-order valence-corrected chi connectivity index (χ1v) is 10.1. The summed E-state index contributed by atoms with van der Waals surface area (Å²) in [6.07, 6.45) is 1.29. The van der Waals surface area contributed by atoms with Gasteiger partial charge in [0.1, 0.15) is 0 Å². The molecule has 6 nitrogen and oxygen atoms in total. The molecule has 0 aliphatic heterocycles. The van der Waals surface area contributed by atoms with E-state index in [0.29, 0.717) is 33.5 Å². The molecule has 0 aliphatic carbocycles. The van der Waals surface area contributed by atoms with Crippen molar-refractivity contribution in [1.29, 1.82) is 0 Å². The van der Waals surface area contributed by atoms with Crippen molar-refractivity contribution < 1.29 is 19.7 Å². The van der Waals surface area contributed by atoms with Crippen molar-refractivity contribution in [2.24, 2.45) is 5.10 Å². The van der Waals surface area contributed by atoms with Crippen LogP contribution in [0, 0.1) is 0 Å². The van der Waals surface area contributed by atoms with Crippen molar-refractivity contribution in [3.05, 3.63) is 94.0 Å². The molecule has 154 valence electrons. The predicted molar refractivity (Wildman–Crippen MR) is 119 cm³/mol. The maximum atomic E-state index is 13.0. The minimum absolute atomic E-state index is 0.0978. The van der Waals surface area contributed by atoms with Crippen LogP contribution in [0.3, 0.4) is 0 Å². The Morgan fingerprint density at radius 3 is 2.20 bits per heavy atom. The molecule has 0 radical (unpaired) electrons. The third kappa shape index (κ3) is 4.53. The van der Waals surface area contributed by atoms with Crippen molar-refractivity contribution >= 4 is 28.1 Å². The number of hydrogen-bond donors (Lipinski definition) is 3. The van der Waals surface area contributed by atoms with Crippen molar-refractivity contribution in [3.63, 3.8) is 0 Å². The number of phenols is 1. The van der Waals surface area contributed by atoms with Crippen LogP contribution in [-0.4, -0.2) is 28.9 Å². The van der Waals surface area contributed by atoms with Crippen LogP contribution in [0.25, 0.3) is 0 Å². The third-order valence-corrected chi connectivity index (χ3v) is 4.91. The van der Waals surface area contributed by atoms with E-state index in [1.54, 1.807) is 72.8 Å². The van der Waals surface area contributed by atoms with Crippen molar-refractivity contribution in [1.82, 2.24) is 5.43 Å². The molecule has 3 N–H and O–H groups in total. The number of benzene rings is 3. The molecule has 1 amide bonds. The monoisotopic (exact) mass is 468 g/mol. The molecule has 0 spiro atoms. The number of aromatic hydroxyl groups is 1. The van der Waals surface area contributed by atoms with Gasteiger partial charge in [0.2, 0.25) is 0 Å². The standard InChI is InChI=1S/C23H21BrN2O4/c1-2-30-20-14-19(24)13-16(21(20)27)15-25-26-22(28)23(29,17-9-5-3-6-10-17)18-11-7-4-8-12-18/h3-15,27,29H,2H2,1H3,(H,26,28). The highest BCUT2D eigenvalue weighted by molar-refractivity contribution is 9.10. The minimum atomic E-state index is -1.93. The zero-order valence-corrected chi connectivity index (χ0v) is 17.8. The summed E-state index contributed by atoms with van der Waals surface area (Å²) < 4.78 is 6.07. The predicted octanol–water partition coefficient (Wildman–Crippen LogP) is 3.94. The maximum Gasteiger partial charge on any atom is 0.281 e. The van der Waals surface area contributed by atoms with E-state index in [1.807, 2.05) is 6.92 Å². The quantitative estimate of drug-likeness (QED) is 0.361. The SMILES string of the molecule is CCOc1cc(Br)cc(C=NNC(=O)C(O)(c2ccccc2)c2ccccc2)c1O.